The summed E-state index contributed by atoms with van der Waals surface area (Å²) in [4.78, 5) is 25.2. The molecule has 0 saturated carbocycles. The van der Waals surface area contributed by atoms with Gasteiger partial charge in [0.15, 0.2) is 0 Å². The van der Waals surface area contributed by atoms with Crippen LogP contribution in [0.5, 0.6) is 0 Å². The molecule has 1 heterocycles. The first kappa shape index (κ1) is 15.9. The van der Waals surface area contributed by atoms with Gasteiger partial charge < -0.3 is 15.2 Å². The molecule has 6 nitrogen and oxygen atoms in total. The number of nitrogens with one attached hydrogen (secondary N) is 1. The molecule has 3 atom stereocenters. The summed E-state index contributed by atoms with van der Waals surface area (Å²) in [6.45, 7) is 5.24. The lowest BCUT2D eigenvalue weighted by Crippen LogP contribution is -2.57. The van der Waals surface area contributed by atoms with E-state index in [-0.39, 0.29) is 11.8 Å². The van der Waals surface area contributed by atoms with E-state index < -0.39 is 18.1 Å². The molecule has 19 heavy (non-hydrogen) atoms. The number of carboxylic acid groups (broad SMARTS) is 1. The van der Waals surface area contributed by atoms with Crippen molar-refractivity contribution < 1.29 is 19.4 Å². The van der Waals surface area contributed by atoms with Crippen molar-refractivity contribution in [1.29, 1.82) is 0 Å². The van der Waals surface area contributed by atoms with Gasteiger partial charge in [-0.05, 0) is 32.2 Å². The van der Waals surface area contributed by atoms with Gasteiger partial charge in [-0.25, -0.2) is 0 Å². The van der Waals surface area contributed by atoms with Crippen LogP contribution < -0.4 is 5.32 Å². The SMILES string of the molecule is COCCNC(=O)C(C)N1CCCC(C)C1C(=O)O. The highest BCUT2D eigenvalue weighted by molar-refractivity contribution is 5.82. The van der Waals surface area contributed by atoms with Gasteiger partial charge in [0.05, 0.1) is 12.6 Å². The van der Waals surface area contributed by atoms with Crippen molar-refractivity contribution in [3.8, 4) is 0 Å². The van der Waals surface area contributed by atoms with Crippen LogP contribution >= 0.6 is 0 Å². The first-order valence-electron chi connectivity index (χ1n) is 6.74. The summed E-state index contributed by atoms with van der Waals surface area (Å²) in [7, 11) is 1.57. The first-order valence-corrected chi connectivity index (χ1v) is 6.74. The molecule has 1 aliphatic rings. The Balaban J connectivity index is 2.64. The van der Waals surface area contributed by atoms with Crippen LogP contribution in [0.1, 0.15) is 26.7 Å². The number of likely N-dealkylation sites (tertiary alicyclic amines) is 1. The quantitative estimate of drug-likeness (QED) is 0.681. The molecule has 6 heteroatoms. The number of piperidine rings is 1. The van der Waals surface area contributed by atoms with Gasteiger partial charge in [0.2, 0.25) is 5.91 Å². The van der Waals surface area contributed by atoms with Gasteiger partial charge in [-0.1, -0.05) is 6.92 Å². The summed E-state index contributed by atoms with van der Waals surface area (Å²) in [5.41, 5.74) is 0. The second-order valence-electron chi connectivity index (χ2n) is 5.10. The lowest BCUT2D eigenvalue weighted by atomic mass is 9.89. The molecule has 0 aromatic rings. The molecule has 0 aromatic carbocycles. The average Bonchev–Trinajstić information content (AvgIpc) is 2.37. The van der Waals surface area contributed by atoms with Crippen molar-refractivity contribution in [2.75, 3.05) is 26.8 Å². The second-order valence-corrected chi connectivity index (χ2v) is 5.10. The Morgan fingerprint density at radius 1 is 1.53 bits per heavy atom. The summed E-state index contributed by atoms with van der Waals surface area (Å²) in [6.07, 6.45) is 1.83. The predicted octanol–water partition coefficient (Wildman–Crippen LogP) is 0.323. The minimum atomic E-state index is -0.844. The van der Waals surface area contributed by atoms with Crippen molar-refractivity contribution in [1.82, 2.24) is 10.2 Å². The van der Waals surface area contributed by atoms with Crippen LogP contribution in [0.2, 0.25) is 0 Å². The highest BCUT2D eigenvalue weighted by Gasteiger charge is 2.38. The van der Waals surface area contributed by atoms with Crippen molar-refractivity contribution >= 4 is 11.9 Å². The Morgan fingerprint density at radius 2 is 2.21 bits per heavy atom. The minimum Gasteiger partial charge on any atom is -0.480 e. The normalized spacial score (nSPS) is 25.8. The third-order valence-corrected chi connectivity index (χ3v) is 3.71. The van der Waals surface area contributed by atoms with Crippen molar-refractivity contribution in [2.45, 2.75) is 38.8 Å². The van der Waals surface area contributed by atoms with E-state index in [9.17, 15) is 14.7 Å². The van der Waals surface area contributed by atoms with Crippen molar-refractivity contribution in [3.63, 3.8) is 0 Å². The summed E-state index contributed by atoms with van der Waals surface area (Å²) in [5.74, 6) is -0.915. The zero-order valence-corrected chi connectivity index (χ0v) is 11.9. The molecule has 110 valence electrons. The summed E-state index contributed by atoms with van der Waals surface area (Å²) in [5, 5.41) is 12.1. The zero-order chi connectivity index (χ0) is 14.4. The molecule has 1 saturated heterocycles. The van der Waals surface area contributed by atoms with Gasteiger partial charge in [0.1, 0.15) is 6.04 Å². The largest absolute Gasteiger partial charge is 0.480 e. The molecular weight excluding hydrogens is 248 g/mol. The molecule has 3 unspecified atom stereocenters. The smallest absolute Gasteiger partial charge is 0.321 e. The number of carbonyl (C=O) groups is 2. The molecule has 0 radical (unpaired) electrons. The lowest BCUT2D eigenvalue weighted by molar-refractivity contribution is -0.149. The Bertz CT molecular complexity index is 322. The number of carboxylic acids is 1. The van der Waals surface area contributed by atoms with Crippen LogP contribution in [0.4, 0.5) is 0 Å². The number of rotatable bonds is 6. The molecule has 1 rings (SSSR count). The number of carbonyl (C=O) groups excluding carboxylic acids is 1. The molecule has 0 aromatic heterocycles. The fourth-order valence-corrected chi connectivity index (χ4v) is 2.61. The van der Waals surface area contributed by atoms with Gasteiger partial charge in [0, 0.05) is 13.7 Å². The minimum absolute atomic E-state index is 0.0699. The molecule has 1 fully saturated rings. The number of nitrogens with zero attached hydrogens (tertiary/aromatic N) is 1. The highest BCUT2D eigenvalue weighted by Crippen LogP contribution is 2.25. The molecule has 1 aliphatic heterocycles. The van der Waals surface area contributed by atoms with E-state index in [1.165, 1.54) is 0 Å². The molecule has 1 amide bonds. The van der Waals surface area contributed by atoms with Gasteiger partial charge in [-0.3, -0.25) is 14.5 Å². The zero-order valence-electron chi connectivity index (χ0n) is 11.9. The van der Waals surface area contributed by atoms with Crippen LogP contribution in [0, 0.1) is 5.92 Å². The van der Waals surface area contributed by atoms with Crippen LogP contribution in [0.15, 0.2) is 0 Å². The molecule has 2 N–H and O–H groups in total. The molecular formula is C13H24N2O4. The Labute approximate surface area is 114 Å². The predicted molar refractivity (Wildman–Crippen MR) is 70.9 cm³/mol. The van der Waals surface area contributed by atoms with Crippen molar-refractivity contribution in [2.24, 2.45) is 5.92 Å². The van der Waals surface area contributed by atoms with E-state index in [1.54, 1.807) is 18.9 Å². The van der Waals surface area contributed by atoms with Gasteiger partial charge in [-0.2, -0.15) is 0 Å². The topological polar surface area (TPSA) is 78.9 Å². The lowest BCUT2D eigenvalue weighted by Gasteiger charge is -2.40. The fraction of sp³-hybridized carbons (Fsp3) is 0.846. The fourth-order valence-electron chi connectivity index (χ4n) is 2.61. The van der Waals surface area contributed by atoms with Gasteiger partial charge in [0.25, 0.3) is 0 Å². The Kier molecular flexibility index (Phi) is 6.24. The van der Waals surface area contributed by atoms with E-state index in [2.05, 4.69) is 5.32 Å². The van der Waals surface area contributed by atoms with Gasteiger partial charge >= 0.3 is 5.97 Å². The van der Waals surface area contributed by atoms with Crippen LogP contribution in [-0.2, 0) is 14.3 Å². The molecule has 0 spiro atoms. The van der Waals surface area contributed by atoms with E-state index in [0.29, 0.717) is 19.7 Å². The third-order valence-electron chi connectivity index (χ3n) is 3.71. The Morgan fingerprint density at radius 3 is 2.79 bits per heavy atom. The first-order chi connectivity index (χ1) is 8.99. The maximum Gasteiger partial charge on any atom is 0.321 e. The van der Waals surface area contributed by atoms with Crippen LogP contribution in [0.3, 0.4) is 0 Å². The second kappa shape index (κ2) is 7.45. The summed E-state index contributed by atoms with van der Waals surface area (Å²) < 4.78 is 4.87. The monoisotopic (exact) mass is 272 g/mol. The molecule has 0 aliphatic carbocycles. The van der Waals surface area contributed by atoms with E-state index >= 15 is 0 Å². The number of hydrogen-bond donors (Lipinski definition) is 2. The Hall–Kier alpha value is -1.14. The average molecular weight is 272 g/mol. The standard InChI is InChI=1S/C13H24N2O4/c1-9-5-4-7-15(11(9)13(17)18)10(2)12(16)14-6-8-19-3/h9-11H,4-8H2,1-3H3,(H,14,16)(H,17,18). The summed E-state index contributed by atoms with van der Waals surface area (Å²) >= 11 is 0. The third kappa shape index (κ3) is 4.18. The van der Waals surface area contributed by atoms with E-state index in [0.717, 1.165) is 12.8 Å². The number of aliphatic carboxylic acids is 1. The maximum atomic E-state index is 12.0. The van der Waals surface area contributed by atoms with E-state index in [4.69, 9.17) is 4.74 Å². The number of hydrogen-bond acceptors (Lipinski definition) is 4. The van der Waals surface area contributed by atoms with Gasteiger partial charge in [-0.15, -0.1) is 0 Å². The van der Waals surface area contributed by atoms with Crippen LogP contribution in [-0.4, -0.2) is 60.8 Å². The maximum absolute atomic E-state index is 12.0. The summed E-state index contributed by atoms with van der Waals surface area (Å²) in [6, 6.07) is -1.00. The molecule has 0 bridgehead atoms. The van der Waals surface area contributed by atoms with Crippen LogP contribution in [0.25, 0.3) is 0 Å². The number of amides is 1. The number of ether oxygens (including phenoxy) is 1. The number of methoxy groups -OCH3 is 1. The van der Waals surface area contributed by atoms with Crippen molar-refractivity contribution in [3.05, 3.63) is 0 Å². The highest BCUT2D eigenvalue weighted by atomic mass is 16.5. The van der Waals surface area contributed by atoms with E-state index in [1.807, 2.05) is 6.92 Å².